The third-order valence-corrected chi connectivity index (χ3v) is 19.0. The van der Waals surface area contributed by atoms with Crippen LogP contribution >= 0.6 is 0 Å². The third-order valence-electron chi connectivity index (χ3n) is 19.0. The number of Topliss-reactive ketones (excluding diaryl/α,β-unsaturated/α-hetero) is 2. The molecule has 16 nitrogen and oxygen atoms in total. The molecule has 2 aliphatic carbocycles. The van der Waals surface area contributed by atoms with Gasteiger partial charge in [-0.3, -0.25) is 19.2 Å². The van der Waals surface area contributed by atoms with Crippen LogP contribution in [-0.2, 0) is 58.0 Å². The number of anilines is 1. The normalized spacial score (nSPS) is 17.8. The lowest BCUT2D eigenvalue weighted by Crippen LogP contribution is -2.50. The van der Waals surface area contributed by atoms with Gasteiger partial charge in [-0.1, -0.05) is 76.6 Å². The number of aryl methyl sites for hydroxylation is 3. The summed E-state index contributed by atoms with van der Waals surface area (Å²) < 4.78 is 25.8. The van der Waals surface area contributed by atoms with E-state index in [2.05, 4.69) is 107 Å². The van der Waals surface area contributed by atoms with E-state index in [1.54, 1.807) is 11.8 Å². The number of carbonyl (C=O) groups excluding carboxylic acids is 4. The topological polar surface area (TPSA) is 178 Å². The van der Waals surface area contributed by atoms with E-state index in [-0.39, 0.29) is 39.7 Å². The summed E-state index contributed by atoms with van der Waals surface area (Å²) in [6.45, 7) is 27.5. The van der Waals surface area contributed by atoms with Gasteiger partial charge in [0.15, 0.2) is 17.4 Å². The Balaban J connectivity index is 0.632. The van der Waals surface area contributed by atoms with Crippen molar-refractivity contribution in [2.24, 2.45) is 5.41 Å². The van der Waals surface area contributed by atoms with Crippen molar-refractivity contribution in [1.82, 2.24) is 35.2 Å². The molecule has 474 valence electrons. The van der Waals surface area contributed by atoms with Crippen LogP contribution in [0.1, 0.15) is 186 Å². The number of amides is 2. The van der Waals surface area contributed by atoms with Gasteiger partial charge in [0.25, 0.3) is 5.91 Å². The second-order valence-electron chi connectivity index (χ2n) is 27.2. The zero-order valence-electron chi connectivity index (χ0n) is 54.7. The number of carbonyl (C=O) groups is 4. The van der Waals surface area contributed by atoms with Crippen molar-refractivity contribution in [3.05, 3.63) is 144 Å². The van der Waals surface area contributed by atoms with Crippen LogP contribution in [0.3, 0.4) is 0 Å². The summed E-state index contributed by atoms with van der Waals surface area (Å²) in [5.41, 5.74) is 15.4. The number of nitrogens with zero attached hydrogens (tertiary/aromatic N) is 7. The number of hydrogen-bond donors (Lipinski definition) is 1. The summed E-state index contributed by atoms with van der Waals surface area (Å²) in [6, 6.07) is 23.8. The summed E-state index contributed by atoms with van der Waals surface area (Å²) in [5, 5.41) is 22.1. The molecule has 1 atom stereocenters. The lowest BCUT2D eigenvalue weighted by molar-refractivity contribution is -0.127. The smallest absolute Gasteiger partial charge is 0.253 e. The van der Waals surface area contributed by atoms with Gasteiger partial charge in [-0.25, -0.2) is 4.58 Å². The first kappa shape index (κ1) is 65.1. The molecule has 1 fully saturated rings. The van der Waals surface area contributed by atoms with E-state index >= 15 is 0 Å². The Morgan fingerprint density at radius 1 is 0.753 bits per heavy atom. The van der Waals surface area contributed by atoms with Crippen LogP contribution in [0.2, 0.25) is 0 Å². The molecule has 5 aliphatic rings. The van der Waals surface area contributed by atoms with Crippen LogP contribution < -0.4 is 25.4 Å². The highest BCUT2D eigenvalue weighted by Gasteiger charge is 2.43. The molecule has 0 spiro atoms. The van der Waals surface area contributed by atoms with Gasteiger partial charge in [0.2, 0.25) is 17.1 Å². The molecule has 4 heterocycles. The maximum absolute atomic E-state index is 14.3. The molecule has 0 saturated heterocycles. The van der Waals surface area contributed by atoms with Gasteiger partial charge in [0.05, 0.1) is 51.8 Å². The zero-order chi connectivity index (χ0) is 63.0. The molecule has 4 aromatic carbocycles. The van der Waals surface area contributed by atoms with Crippen molar-refractivity contribution in [3.8, 4) is 11.4 Å². The highest BCUT2D eigenvalue weighted by atomic mass is 16.6. The summed E-state index contributed by atoms with van der Waals surface area (Å²) >= 11 is 0. The highest BCUT2D eigenvalue weighted by molar-refractivity contribution is 6.22. The molecule has 16 heteroatoms. The second kappa shape index (κ2) is 28.5. The van der Waals surface area contributed by atoms with Crippen molar-refractivity contribution in [2.45, 2.75) is 163 Å². The predicted octanol–water partition coefficient (Wildman–Crippen LogP) is 9.33. The van der Waals surface area contributed by atoms with Gasteiger partial charge in [-0.2, -0.15) is 0 Å². The van der Waals surface area contributed by atoms with Crippen molar-refractivity contribution < 1.29 is 38.1 Å². The van der Waals surface area contributed by atoms with Crippen molar-refractivity contribution in [2.75, 3.05) is 97.5 Å². The van der Waals surface area contributed by atoms with Crippen molar-refractivity contribution >= 4 is 34.6 Å². The number of aromatic nitrogens is 4. The standard InChI is InChI=1S/C73H94N8O8/c1-11-81-61-44-60-58(43-57(61)48(2)45-72(81,6)7)65(59-42-54-19-13-31-80-32-14-20-56(68(54)80)67(59)73(60,8)9)53-17-12-18-55(41-53)70(85)79(10)30-15-21-64(84)74-29-16-33-86-35-37-88-39-40-89-38-36-87-34-28-51(66-62(82)46-71(4,5)47-63(66)83)25-22-50-23-26-52(27-24-50)69-77-75-49(3)76-78-69/h12,17-18,23-24,26-27,41-44,48H,11,13-16,19-22,25,28-40,45-47H2,1-10H3/p+1. The minimum Gasteiger partial charge on any atom is -0.379 e. The first-order chi connectivity index (χ1) is 42.7. The average molecular weight is 1210 g/mol. The molecule has 3 aliphatic heterocycles. The summed E-state index contributed by atoms with van der Waals surface area (Å²) in [4.78, 5) is 58.2. The lowest BCUT2D eigenvalue weighted by Gasteiger charge is -2.48. The Labute approximate surface area is 526 Å². The van der Waals surface area contributed by atoms with E-state index in [0.29, 0.717) is 146 Å². The molecule has 10 rings (SSSR count). The quantitative estimate of drug-likeness (QED) is 0.0228. The Kier molecular flexibility index (Phi) is 20.9. The maximum Gasteiger partial charge on any atom is 0.253 e. The second-order valence-corrected chi connectivity index (χ2v) is 27.2. The fraction of sp³-hybridized carbons (Fsp3) is 0.548. The number of fused-ring (bicyclic) bond motifs is 4. The molecular formula is C73H95N8O8+. The molecule has 89 heavy (non-hydrogen) atoms. The number of nitrogens with one attached hydrogen (secondary N) is 1. The third kappa shape index (κ3) is 15.0. The largest absolute Gasteiger partial charge is 0.379 e. The number of ketones is 2. The van der Waals surface area contributed by atoms with Gasteiger partial charge in [0, 0.05) is 104 Å². The van der Waals surface area contributed by atoms with Crippen LogP contribution in [0, 0.1) is 12.3 Å². The van der Waals surface area contributed by atoms with Crippen molar-refractivity contribution in [1.29, 1.82) is 0 Å². The number of benzene rings is 4. The molecule has 1 aromatic heterocycles. The van der Waals surface area contributed by atoms with Gasteiger partial charge < -0.3 is 34.1 Å². The van der Waals surface area contributed by atoms with Crippen LogP contribution in [0.5, 0.6) is 0 Å². The van der Waals surface area contributed by atoms with E-state index < -0.39 is 0 Å². The summed E-state index contributed by atoms with van der Waals surface area (Å²) in [6.07, 6.45) is 9.56. The maximum atomic E-state index is 14.3. The fourth-order valence-electron chi connectivity index (χ4n) is 14.8. The molecule has 0 radical (unpaired) electrons. The summed E-state index contributed by atoms with van der Waals surface area (Å²) in [5.74, 6) is 1.11. The van der Waals surface area contributed by atoms with Gasteiger partial charge in [-0.15, -0.1) is 20.4 Å². The van der Waals surface area contributed by atoms with E-state index in [4.69, 9.17) is 18.9 Å². The molecule has 5 aromatic rings. The molecule has 1 saturated carbocycles. The zero-order valence-corrected chi connectivity index (χ0v) is 54.7. The van der Waals surface area contributed by atoms with Crippen LogP contribution in [0.15, 0.2) is 77.9 Å². The Bertz CT molecular complexity index is 3560. The molecule has 1 N–H and O–H groups in total. The minimum absolute atomic E-state index is 0.0403. The Morgan fingerprint density at radius 3 is 2.10 bits per heavy atom. The molecule has 2 amide bonds. The number of allylic oxidation sites excluding steroid dienone is 1. The highest BCUT2D eigenvalue weighted by Crippen LogP contribution is 2.50. The van der Waals surface area contributed by atoms with Gasteiger partial charge >= 0.3 is 0 Å². The Hall–Kier alpha value is -6.85. The van der Waals surface area contributed by atoms with E-state index in [1.807, 2.05) is 57.3 Å². The summed E-state index contributed by atoms with van der Waals surface area (Å²) in [7, 11) is 1.84. The van der Waals surface area contributed by atoms with Gasteiger partial charge in [0.1, 0.15) is 13.1 Å². The van der Waals surface area contributed by atoms with Gasteiger partial charge in [-0.05, 0) is 165 Å². The van der Waals surface area contributed by atoms with Crippen LogP contribution in [-0.4, -0.2) is 147 Å². The van der Waals surface area contributed by atoms with E-state index in [1.165, 1.54) is 61.6 Å². The monoisotopic (exact) mass is 1210 g/mol. The SMILES string of the molecule is CCN1c2cc3c(cc2C(C)CC1(C)C)C(c1cccc(C(=O)N(C)CCCC(=O)NCCCOCCOCCOCCOCCC(CCc2ccc(-c4nnc(C)nn4)cc2)=C2C(=O)CC(C)(C)CC2=O)c1)=c1cc2c4c(c1C3(C)C)CCC[N+]=4CCC2. The minimum atomic E-state index is -0.346. The first-order valence-corrected chi connectivity index (χ1v) is 32.9. The molecular weight excluding hydrogens is 1120 g/mol. The number of rotatable bonds is 27. The van der Waals surface area contributed by atoms with Crippen LogP contribution in [0.4, 0.5) is 5.69 Å². The number of hydrogen-bond acceptors (Lipinski definition) is 13. The predicted molar refractivity (Wildman–Crippen MR) is 348 cm³/mol. The van der Waals surface area contributed by atoms with E-state index in [9.17, 15) is 19.2 Å². The number of ether oxygens (including phenoxy) is 4. The average Bonchev–Trinajstić information content (AvgIpc) is 0.699. The van der Waals surface area contributed by atoms with E-state index in [0.717, 1.165) is 67.6 Å². The van der Waals surface area contributed by atoms with Crippen molar-refractivity contribution in [3.63, 3.8) is 0 Å². The lowest BCUT2D eigenvalue weighted by atomic mass is 9.65. The fourth-order valence-corrected chi connectivity index (χ4v) is 14.8. The van der Waals surface area contributed by atoms with Crippen LogP contribution in [0.25, 0.3) is 17.0 Å². The first-order valence-electron chi connectivity index (χ1n) is 32.9. The molecule has 1 unspecified atom stereocenters. The molecule has 0 bridgehead atoms. The Morgan fingerprint density at radius 2 is 1.42 bits per heavy atom.